The average Bonchev–Trinajstić information content (AvgIpc) is 3.16. The number of carbonyl (C=O) groups is 1. The number of amides is 1. The van der Waals surface area contributed by atoms with E-state index in [-0.39, 0.29) is 11.9 Å². The first-order valence-electron chi connectivity index (χ1n) is 8.20. The zero-order chi connectivity index (χ0) is 15.3. The van der Waals surface area contributed by atoms with Crippen molar-refractivity contribution in [2.45, 2.75) is 51.3 Å². The topological polar surface area (TPSA) is 54.5 Å². The second kappa shape index (κ2) is 5.58. The Bertz CT molecular complexity index is 584. The van der Waals surface area contributed by atoms with Crippen LogP contribution in [0.25, 0.3) is 0 Å². The number of nitrogens with one attached hydrogen (secondary N) is 1. The van der Waals surface area contributed by atoms with E-state index in [2.05, 4.69) is 15.2 Å². The summed E-state index contributed by atoms with van der Waals surface area (Å²) in [6, 6.07) is 0.713. The lowest BCUT2D eigenvalue weighted by atomic mass is 10.1. The summed E-state index contributed by atoms with van der Waals surface area (Å²) in [7, 11) is 0. The van der Waals surface area contributed by atoms with Crippen molar-refractivity contribution >= 4 is 17.2 Å². The predicted molar refractivity (Wildman–Crippen MR) is 85.3 cm³/mol. The number of ether oxygens (including phenoxy) is 1. The van der Waals surface area contributed by atoms with Gasteiger partial charge in [0.15, 0.2) is 0 Å². The second-order valence-electron chi connectivity index (χ2n) is 6.87. The Hall–Kier alpha value is -0.980. The molecule has 1 N–H and O–H groups in total. The first kappa shape index (κ1) is 14.6. The minimum absolute atomic E-state index is 0.0348. The van der Waals surface area contributed by atoms with Crippen molar-refractivity contribution in [3.63, 3.8) is 0 Å². The molecule has 0 bridgehead atoms. The van der Waals surface area contributed by atoms with Gasteiger partial charge in [-0.2, -0.15) is 0 Å². The molecule has 0 radical (unpaired) electrons. The number of hydrogen-bond acceptors (Lipinski definition) is 5. The molecule has 1 saturated carbocycles. The number of aryl methyl sites for hydroxylation is 2. The number of nitrogens with zero attached hydrogens (tertiary/aromatic N) is 2. The first-order valence-corrected chi connectivity index (χ1v) is 9.02. The Kier molecular flexibility index (Phi) is 3.71. The van der Waals surface area contributed by atoms with E-state index >= 15 is 0 Å². The third-order valence-electron chi connectivity index (χ3n) is 5.04. The minimum atomic E-state index is 0.0348. The van der Waals surface area contributed by atoms with Crippen molar-refractivity contribution < 1.29 is 9.53 Å². The summed E-state index contributed by atoms with van der Waals surface area (Å²) in [4.78, 5) is 20.0. The standard InChI is InChI=1S/C16H23N3O2S/c1-9-15(22-10(2)17-9)16(20)18-12-5-13-8-21-14(11-3-4-11)7-19(13)6-12/h11-14H,3-8H2,1-2H3,(H,18,20)/t12-,13+,14-/m1/s1. The predicted octanol–water partition coefficient (Wildman–Crippen LogP) is 1.74. The fourth-order valence-electron chi connectivity index (χ4n) is 3.75. The summed E-state index contributed by atoms with van der Waals surface area (Å²) < 4.78 is 6.01. The Morgan fingerprint density at radius 1 is 1.36 bits per heavy atom. The van der Waals surface area contributed by atoms with Crippen molar-refractivity contribution in [2.24, 2.45) is 5.92 Å². The van der Waals surface area contributed by atoms with E-state index in [1.807, 2.05) is 13.8 Å². The quantitative estimate of drug-likeness (QED) is 0.921. The van der Waals surface area contributed by atoms with E-state index in [4.69, 9.17) is 4.74 Å². The Balaban J connectivity index is 1.36. The number of fused-ring (bicyclic) bond motifs is 1. The number of morpholine rings is 1. The van der Waals surface area contributed by atoms with Gasteiger partial charge in [-0.1, -0.05) is 0 Å². The molecule has 3 aliphatic rings. The maximum absolute atomic E-state index is 12.4. The van der Waals surface area contributed by atoms with E-state index in [1.165, 1.54) is 24.2 Å². The molecule has 2 saturated heterocycles. The number of thiazole rings is 1. The van der Waals surface area contributed by atoms with Gasteiger partial charge in [-0.05, 0) is 39.0 Å². The third kappa shape index (κ3) is 2.79. The van der Waals surface area contributed by atoms with Crippen LogP contribution in [0.4, 0.5) is 0 Å². The first-order chi connectivity index (χ1) is 10.6. The van der Waals surface area contributed by atoms with E-state index in [1.54, 1.807) is 0 Å². The van der Waals surface area contributed by atoms with Crippen LogP contribution in [-0.4, -0.2) is 53.7 Å². The van der Waals surface area contributed by atoms with Gasteiger partial charge in [-0.15, -0.1) is 11.3 Å². The maximum atomic E-state index is 12.4. The van der Waals surface area contributed by atoms with Crippen molar-refractivity contribution in [1.82, 2.24) is 15.2 Å². The summed E-state index contributed by atoms with van der Waals surface area (Å²) >= 11 is 1.48. The number of rotatable bonds is 3. The lowest BCUT2D eigenvalue weighted by Gasteiger charge is -2.35. The van der Waals surface area contributed by atoms with E-state index < -0.39 is 0 Å². The monoisotopic (exact) mass is 321 g/mol. The molecule has 2 aliphatic heterocycles. The van der Waals surface area contributed by atoms with Crippen LogP contribution >= 0.6 is 11.3 Å². The molecule has 4 rings (SSSR count). The number of carbonyl (C=O) groups excluding carboxylic acids is 1. The van der Waals surface area contributed by atoms with Gasteiger partial charge in [0.1, 0.15) is 4.88 Å². The maximum Gasteiger partial charge on any atom is 0.263 e. The zero-order valence-corrected chi connectivity index (χ0v) is 14.0. The highest BCUT2D eigenvalue weighted by molar-refractivity contribution is 7.13. The molecule has 3 fully saturated rings. The summed E-state index contributed by atoms with van der Waals surface area (Å²) in [6.45, 7) is 6.68. The molecule has 5 nitrogen and oxygen atoms in total. The molecule has 22 heavy (non-hydrogen) atoms. The Labute approximate surface area is 135 Å². The van der Waals surface area contributed by atoms with Gasteiger partial charge in [-0.25, -0.2) is 4.98 Å². The van der Waals surface area contributed by atoms with Gasteiger partial charge < -0.3 is 10.1 Å². The highest BCUT2D eigenvalue weighted by Crippen LogP contribution is 2.37. The molecule has 0 aromatic carbocycles. The molecule has 1 aliphatic carbocycles. The fourth-order valence-corrected chi connectivity index (χ4v) is 4.57. The lowest BCUT2D eigenvalue weighted by molar-refractivity contribution is -0.0581. The normalized spacial score (nSPS) is 32.0. The van der Waals surface area contributed by atoms with Crippen molar-refractivity contribution in [1.29, 1.82) is 0 Å². The third-order valence-corrected chi connectivity index (χ3v) is 6.11. The molecule has 1 aromatic rings. The molecule has 0 unspecified atom stereocenters. The van der Waals surface area contributed by atoms with E-state index in [0.29, 0.717) is 12.1 Å². The molecular formula is C16H23N3O2S. The van der Waals surface area contributed by atoms with Crippen LogP contribution in [0.5, 0.6) is 0 Å². The number of hydrogen-bond donors (Lipinski definition) is 1. The molecule has 120 valence electrons. The SMILES string of the molecule is Cc1nc(C)c(C(=O)N[C@@H]2C[C@H]3CO[C@@H](C4CC4)CN3C2)s1. The highest BCUT2D eigenvalue weighted by atomic mass is 32.1. The van der Waals surface area contributed by atoms with Crippen LogP contribution in [0.3, 0.4) is 0 Å². The molecule has 3 atom stereocenters. The fraction of sp³-hybridized carbons (Fsp3) is 0.750. The molecule has 1 aromatic heterocycles. The van der Waals surface area contributed by atoms with Crippen LogP contribution in [0.2, 0.25) is 0 Å². The van der Waals surface area contributed by atoms with E-state index in [0.717, 1.165) is 47.6 Å². The highest BCUT2D eigenvalue weighted by Gasteiger charge is 2.42. The van der Waals surface area contributed by atoms with E-state index in [9.17, 15) is 4.79 Å². The smallest absolute Gasteiger partial charge is 0.263 e. The van der Waals surface area contributed by atoms with Crippen molar-refractivity contribution in [3.8, 4) is 0 Å². The van der Waals surface area contributed by atoms with Gasteiger partial charge in [0.25, 0.3) is 5.91 Å². The average molecular weight is 321 g/mol. The summed E-state index contributed by atoms with van der Waals surface area (Å²) in [5, 5.41) is 4.15. The van der Waals surface area contributed by atoms with Crippen LogP contribution in [0.15, 0.2) is 0 Å². The Morgan fingerprint density at radius 3 is 2.86 bits per heavy atom. The molecule has 1 amide bonds. The molecule has 6 heteroatoms. The van der Waals surface area contributed by atoms with Crippen LogP contribution in [-0.2, 0) is 4.74 Å². The second-order valence-corrected chi connectivity index (χ2v) is 8.07. The minimum Gasteiger partial charge on any atom is -0.375 e. The van der Waals surface area contributed by atoms with Crippen LogP contribution in [0.1, 0.15) is 39.6 Å². The largest absolute Gasteiger partial charge is 0.375 e. The van der Waals surface area contributed by atoms with Gasteiger partial charge >= 0.3 is 0 Å². The van der Waals surface area contributed by atoms with Crippen molar-refractivity contribution in [2.75, 3.05) is 19.7 Å². The molecular weight excluding hydrogens is 298 g/mol. The van der Waals surface area contributed by atoms with Gasteiger partial charge in [-0.3, -0.25) is 9.69 Å². The summed E-state index contributed by atoms with van der Waals surface area (Å²) in [6.07, 6.45) is 4.08. The Morgan fingerprint density at radius 2 is 2.18 bits per heavy atom. The summed E-state index contributed by atoms with van der Waals surface area (Å²) in [5.41, 5.74) is 0.841. The van der Waals surface area contributed by atoms with Gasteiger partial charge in [0, 0.05) is 25.2 Å². The van der Waals surface area contributed by atoms with Crippen LogP contribution < -0.4 is 5.32 Å². The van der Waals surface area contributed by atoms with Gasteiger partial charge in [0.05, 0.1) is 23.4 Å². The van der Waals surface area contributed by atoms with Gasteiger partial charge in [0.2, 0.25) is 0 Å². The summed E-state index contributed by atoms with van der Waals surface area (Å²) in [5.74, 6) is 0.824. The van der Waals surface area contributed by atoms with Crippen LogP contribution in [0, 0.1) is 19.8 Å². The lowest BCUT2D eigenvalue weighted by Crippen LogP contribution is -2.47. The molecule has 0 spiro atoms. The number of aromatic nitrogens is 1. The zero-order valence-electron chi connectivity index (χ0n) is 13.2. The van der Waals surface area contributed by atoms with Crippen molar-refractivity contribution in [3.05, 3.63) is 15.6 Å². The molecule has 3 heterocycles.